The number of piperazine rings is 1. The molecule has 0 bridgehead atoms. The molecule has 0 aromatic rings. The Balaban J connectivity index is 2.03. The van der Waals surface area contributed by atoms with Gasteiger partial charge in [0.25, 0.3) is 0 Å². The van der Waals surface area contributed by atoms with E-state index < -0.39 is 0 Å². The van der Waals surface area contributed by atoms with Crippen molar-refractivity contribution in [1.29, 1.82) is 0 Å². The number of nitrogens with zero attached hydrogens (tertiary/aromatic N) is 1. The minimum atomic E-state index is 0.386. The lowest BCUT2D eigenvalue weighted by Gasteiger charge is -2.50. The van der Waals surface area contributed by atoms with Gasteiger partial charge in [0.15, 0.2) is 0 Å². The Hall–Kier alpha value is 0.270. The van der Waals surface area contributed by atoms with E-state index in [9.17, 15) is 0 Å². The van der Waals surface area contributed by atoms with Crippen LogP contribution < -0.4 is 5.32 Å². The first kappa shape index (κ1) is 13.7. The molecule has 1 atom stereocenters. The highest BCUT2D eigenvalue weighted by molar-refractivity contribution is 7.99. The van der Waals surface area contributed by atoms with E-state index in [-0.39, 0.29) is 0 Å². The molecule has 2 rings (SSSR count). The van der Waals surface area contributed by atoms with Crippen molar-refractivity contribution in [3.63, 3.8) is 0 Å². The fourth-order valence-electron chi connectivity index (χ4n) is 3.27. The summed E-state index contributed by atoms with van der Waals surface area (Å²) in [5, 5.41) is 3.80. The summed E-state index contributed by atoms with van der Waals surface area (Å²) in [4.78, 5) is 2.81. The molecule has 0 aromatic heterocycles. The first-order chi connectivity index (χ1) is 8.21. The van der Waals surface area contributed by atoms with E-state index in [2.05, 4.69) is 42.7 Å². The highest BCUT2D eigenvalue weighted by atomic mass is 32.2. The average molecular weight is 256 g/mol. The summed E-state index contributed by atoms with van der Waals surface area (Å²) in [5.41, 5.74) is 0.386. The van der Waals surface area contributed by atoms with E-state index in [1.54, 1.807) is 0 Å². The summed E-state index contributed by atoms with van der Waals surface area (Å²) >= 11 is 2.13. The molecule has 1 N–H and O–H groups in total. The van der Waals surface area contributed by atoms with E-state index in [1.807, 2.05) is 0 Å². The summed E-state index contributed by atoms with van der Waals surface area (Å²) in [6.45, 7) is 9.49. The van der Waals surface area contributed by atoms with Crippen molar-refractivity contribution in [3.05, 3.63) is 0 Å². The predicted molar refractivity (Wildman–Crippen MR) is 77.8 cm³/mol. The second-order valence-electron chi connectivity index (χ2n) is 5.73. The molecular weight excluding hydrogens is 228 g/mol. The van der Waals surface area contributed by atoms with E-state index in [1.165, 1.54) is 50.3 Å². The van der Waals surface area contributed by atoms with Gasteiger partial charge in [0.1, 0.15) is 0 Å². The van der Waals surface area contributed by atoms with Crippen LogP contribution in [0.3, 0.4) is 0 Å². The van der Waals surface area contributed by atoms with Gasteiger partial charge in [-0.25, -0.2) is 0 Å². The van der Waals surface area contributed by atoms with Crippen molar-refractivity contribution in [2.45, 2.75) is 64.1 Å². The average Bonchev–Trinajstić information content (AvgIpc) is 2.41. The fraction of sp³-hybridized carbons (Fsp3) is 1.00. The second kappa shape index (κ2) is 5.94. The van der Waals surface area contributed by atoms with Gasteiger partial charge in [-0.1, -0.05) is 13.8 Å². The van der Waals surface area contributed by atoms with Gasteiger partial charge in [-0.15, -0.1) is 0 Å². The summed E-state index contributed by atoms with van der Waals surface area (Å²) in [6.07, 6.45) is 5.32. The summed E-state index contributed by atoms with van der Waals surface area (Å²) in [6, 6.07) is 1.57. The normalized spacial score (nSPS) is 31.6. The topological polar surface area (TPSA) is 15.3 Å². The summed E-state index contributed by atoms with van der Waals surface area (Å²) in [5.74, 6) is 2.74. The largest absolute Gasteiger partial charge is 0.308 e. The highest BCUT2D eigenvalue weighted by Gasteiger charge is 2.38. The molecule has 0 saturated carbocycles. The Labute approximate surface area is 111 Å². The maximum atomic E-state index is 3.80. The third-order valence-electron chi connectivity index (χ3n) is 4.84. The molecule has 2 aliphatic rings. The zero-order valence-electron chi connectivity index (χ0n) is 11.7. The Kier molecular flexibility index (Phi) is 4.79. The standard InChI is InChI=1S/C14H28N2S/c1-4-14(5-2)11-16(12(3)10-15-14)13-6-8-17-9-7-13/h12-13,15H,4-11H2,1-3H3. The van der Waals surface area contributed by atoms with Crippen molar-refractivity contribution in [2.24, 2.45) is 0 Å². The van der Waals surface area contributed by atoms with Crippen molar-refractivity contribution in [3.8, 4) is 0 Å². The number of nitrogens with one attached hydrogen (secondary N) is 1. The molecule has 0 aromatic carbocycles. The lowest BCUT2D eigenvalue weighted by Crippen LogP contribution is -2.65. The molecular formula is C14H28N2S. The zero-order valence-corrected chi connectivity index (χ0v) is 12.5. The minimum Gasteiger partial charge on any atom is -0.308 e. The lowest BCUT2D eigenvalue weighted by atomic mass is 9.87. The van der Waals surface area contributed by atoms with Crippen LogP contribution in [0.1, 0.15) is 46.5 Å². The van der Waals surface area contributed by atoms with E-state index in [0.717, 1.165) is 6.04 Å². The van der Waals surface area contributed by atoms with Crippen LogP contribution in [0, 0.1) is 0 Å². The molecule has 0 radical (unpaired) electrons. The zero-order chi connectivity index (χ0) is 12.3. The molecule has 17 heavy (non-hydrogen) atoms. The molecule has 2 fully saturated rings. The van der Waals surface area contributed by atoms with Crippen LogP contribution in [0.25, 0.3) is 0 Å². The molecule has 0 aliphatic carbocycles. The van der Waals surface area contributed by atoms with Crippen molar-refractivity contribution < 1.29 is 0 Å². The smallest absolute Gasteiger partial charge is 0.0304 e. The molecule has 1 unspecified atom stereocenters. The molecule has 2 saturated heterocycles. The molecule has 2 heterocycles. The van der Waals surface area contributed by atoms with Gasteiger partial charge in [-0.3, -0.25) is 4.90 Å². The number of hydrogen-bond acceptors (Lipinski definition) is 3. The van der Waals surface area contributed by atoms with Gasteiger partial charge in [-0.05, 0) is 44.1 Å². The van der Waals surface area contributed by atoms with Gasteiger partial charge in [-0.2, -0.15) is 11.8 Å². The van der Waals surface area contributed by atoms with Crippen LogP contribution in [-0.2, 0) is 0 Å². The van der Waals surface area contributed by atoms with Crippen LogP contribution in [0.4, 0.5) is 0 Å². The van der Waals surface area contributed by atoms with E-state index in [0.29, 0.717) is 11.6 Å². The third-order valence-corrected chi connectivity index (χ3v) is 5.89. The van der Waals surface area contributed by atoms with Gasteiger partial charge in [0.2, 0.25) is 0 Å². The van der Waals surface area contributed by atoms with Crippen LogP contribution >= 0.6 is 11.8 Å². The Morgan fingerprint density at radius 2 is 1.88 bits per heavy atom. The second-order valence-corrected chi connectivity index (χ2v) is 6.96. The first-order valence-electron chi connectivity index (χ1n) is 7.29. The Morgan fingerprint density at radius 1 is 1.24 bits per heavy atom. The molecule has 0 amide bonds. The predicted octanol–water partition coefficient (Wildman–Crippen LogP) is 2.73. The molecule has 3 heteroatoms. The number of rotatable bonds is 3. The molecule has 2 aliphatic heterocycles. The third kappa shape index (κ3) is 2.99. The van der Waals surface area contributed by atoms with Gasteiger partial charge in [0, 0.05) is 30.7 Å². The van der Waals surface area contributed by atoms with Gasteiger partial charge >= 0.3 is 0 Å². The first-order valence-corrected chi connectivity index (χ1v) is 8.45. The van der Waals surface area contributed by atoms with Crippen LogP contribution in [0.15, 0.2) is 0 Å². The molecule has 0 spiro atoms. The monoisotopic (exact) mass is 256 g/mol. The maximum Gasteiger partial charge on any atom is 0.0304 e. The quantitative estimate of drug-likeness (QED) is 0.836. The van der Waals surface area contributed by atoms with Crippen molar-refractivity contribution >= 4 is 11.8 Å². The van der Waals surface area contributed by atoms with Gasteiger partial charge < -0.3 is 5.32 Å². The number of thioether (sulfide) groups is 1. The van der Waals surface area contributed by atoms with E-state index in [4.69, 9.17) is 0 Å². The summed E-state index contributed by atoms with van der Waals surface area (Å²) < 4.78 is 0. The van der Waals surface area contributed by atoms with Crippen LogP contribution in [0.5, 0.6) is 0 Å². The van der Waals surface area contributed by atoms with Crippen molar-refractivity contribution in [1.82, 2.24) is 10.2 Å². The molecule has 100 valence electrons. The van der Waals surface area contributed by atoms with Crippen LogP contribution in [0.2, 0.25) is 0 Å². The summed E-state index contributed by atoms with van der Waals surface area (Å²) in [7, 11) is 0. The SMILES string of the molecule is CCC1(CC)CN(C2CCSCC2)C(C)CN1. The Bertz CT molecular complexity index is 234. The lowest BCUT2D eigenvalue weighted by molar-refractivity contribution is 0.0409. The van der Waals surface area contributed by atoms with E-state index >= 15 is 0 Å². The minimum absolute atomic E-state index is 0.386. The number of hydrogen-bond donors (Lipinski definition) is 1. The van der Waals surface area contributed by atoms with Crippen molar-refractivity contribution in [2.75, 3.05) is 24.6 Å². The fourth-order valence-corrected chi connectivity index (χ4v) is 4.35. The highest BCUT2D eigenvalue weighted by Crippen LogP contribution is 2.29. The van der Waals surface area contributed by atoms with Crippen LogP contribution in [-0.4, -0.2) is 47.1 Å². The molecule has 2 nitrogen and oxygen atoms in total. The maximum absolute atomic E-state index is 3.80. The Morgan fingerprint density at radius 3 is 2.47 bits per heavy atom. The van der Waals surface area contributed by atoms with Gasteiger partial charge in [0.05, 0.1) is 0 Å².